The fourth-order valence-corrected chi connectivity index (χ4v) is 3.17. The largest absolute Gasteiger partial charge is 0.481 e. The Labute approximate surface area is 139 Å². The number of hydrogen-bond donors (Lipinski definition) is 3. The van der Waals surface area contributed by atoms with Crippen molar-refractivity contribution in [2.45, 2.75) is 25.2 Å². The Bertz CT molecular complexity index is 631. The minimum Gasteiger partial charge on any atom is -0.481 e. The quantitative estimate of drug-likeness (QED) is 0.740. The van der Waals surface area contributed by atoms with E-state index in [1.165, 1.54) is 11.8 Å². The minimum absolute atomic E-state index is 0.0878. The third-order valence-electron chi connectivity index (χ3n) is 3.49. The molecule has 1 aromatic rings. The summed E-state index contributed by atoms with van der Waals surface area (Å²) in [7, 11) is 0. The second-order valence-corrected chi connectivity index (χ2v) is 6.94. The highest BCUT2D eigenvalue weighted by Gasteiger charge is 2.21. The van der Waals surface area contributed by atoms with Gasteiger partial charge in [-0.15, -0.1) is 11.8 Å². The highest BCUT2D eigenvalue weighted by atomic mass is 32.2. The Kier molecular flexibility index (Phi) is 5.65. The summed E-state index contributed by atoms with van der Waals surface area (Å²) in [6, 6.07) is 5.08. The number of nitrogens with one attached hydrogen (secondary N) is 2. The van der Waals surface area contributed by atoms with E-state index in [1.807, 2.05) is 13.8 Å². The first kappa shape index (κ1) is 17.3. The predicted molar refractivity (Wildman–Crippen MR) is 88.7 cm³/mol. The summed E-state index contributed by atoms with van der Waals surface area (Å²) >= 11 is 1.42. The van der Waals surface area contributed by atoms with Crippen LogP contribution in [-0.2, 0) is 9.59 Å². The van der Waals surface area contributed by atoms with Gasteiger partial charge in [-0.1, -0.05) is 13.8 Å². The van der Waals surface area contributed by atoms with Crippen molar-refractivity contribution in [2.75, 3.05) is 17.6 Å². The highest BCUT2D eigenvalue weighted by molar-refractivity contribution is 8.00. The van der Waals surface area contributed by atoms with E-state index >= 15 is 0 Å². The molecular formula is C16H20N2O4S. The molecule has 0 saturated heterocycles. The van der Waals surface area contributed by atoms with Gasteiger partial charge in [0, 0.05) is 17.0 Å². The molecule has 6 nitrogen and oxygen atoms in total. The van der Waals surface area contributed by atoms with Crippen molar-refractivity contribution in [1.29, 1.82) is 0 Å². The van der Waals surface area contributed by atoms with Gasteiger partial charge in [-0.05, 0) is 30.5 Å². The lowest BCUT2D eigenvalue weighted by atomic mass is 9.97. The van der Waals surface area contributed by atoms with Crippen molar-refractivity contribution in [3.8, 4) is 0 Å². The number of amides is 2. The number of carbonyl (C=O) groups is 3. The van der Waals surface area contributed by atoms with Crippen molar-refractivity contribution in [1.82, 2.24) is 5.32 Å². The molecule has 2 amide bonds. The maximum Gasteiger partial charge on any atom is 0.308 e. The van der Waals surface area contributed by atoms with Gasteiger partial charge in [0.1, 0.15) is 0 Å². The average molecular weight is 336 g/mol. The molecule has 0 aromatic heterocycles. The number of anilines is 1. The SMILES string of the molecule is CC(C)CC(CNC(=O)c1ccc2c(c1)NC(=O)CS2)C(=O)O. The minimum atomic E-state index is -0.909. The molecule has 2 rings (SSSR count). The third-order valence-corrected chi connectivity index (χ3v) is 4.56. The maximum atomic E-state index is 12.2. The van der Waals surface area contributed by atoms with E-state index in [4.69, 9.17) is 0 Å². The normalized spacial score (nSPS) is 14.8. The van der Waals surface area contributed by atoms with Crippen molar-refractivity contribution >= 4 is 35.2 Å². The number of aliphatic carboxylic acids is 1. The van der Waals surface area contributed by atoms with E-state index in [0.29, 0.717) is 23.4 Å². The Morgan fingerprint density at radius 2 is 2.13 bits per heavy atom. The lowest BCUT2D eigenvalue weighted by molar-refractivity contribution is -0.142. The first-order valence-electron chi connectivity index (χ1n) is 7.44. The monoisotopic (exact) mass is 336 g/mol. The molecule has 3 N–H and O–H groups in total. The molecule has 1 aromatic carbocycles. The number of fused-ring (bicyclic) bond motifs is 1. The molecule has 0 fully saturated rings. The van der Waals surface area contributed by atoms with Gasteiger partial charge in [-0.2, -0.15) is 0 Å². The third kappa shape index (κ3) is 4.72. The first-order valence-corrected chi connectivity index (χ1v) is 8.43. The van der Waals surface area contributed by atoms with E-state index in [-0.39, 0.29) is 24.3 Å². The van der Waals surface area contributed by atoms with Gasteiger partial charge in [0.15, 0.2) is 0 Å². The Balaban J connectivity index is 2.02. The van der Waals surface area contributed by atoms with Crippen LogP contribution in [0.1, 0.15) is 30.6 Å². The number of rotatable bonds is 6. The number of carboxylic acids is 1. The maximum absolute atomic E-state index is 12.2. The van der Waals surface area contributed by atoms with Crippen LogP contribution in [0.5, 0.6) is 0 Å². The molecule has 0 spiro atoms. The average Bonchev–Trinajstić information content (AvgIpc) is 2.49. The second-order valence-electron chi connectivity index (χ2n) is 5.92. The fraction of sp³-hybridized carbons (Fsp3) is 0.438. The molecule has 0 radical (unpaired) electrons. The summed E-state index contributed by atoms with van der Waals surface area (Å²) in [5.41, 5.74) is 1.02. The van der Waals surface area contributed by atoms with Crippen molar-refractivity contribution in [2.24, 2.45) is 11.8 Å². The van der Waals surface area contributed by atoms with Gasteiger partial charge in [0.25, 0.3) is 5.91 Å². The van der Waals surface area contributed by atoms with Crippen LogP contribution in [0.4, 0.5) is 5.69 Å². The molecule has 1 heterocycles. The number of thioether (sulfide) groups is 1. The number of hydrogen-bond acceptors (Lipinski definition) is 4. The molecule has 0 bridgehead atoms. The van der Waals surface area contributed by atoms with Crippen LogP contribution in [0.25, 0.3) is 0 Å². The van der Waals surface area contributed by atoms with E-state index in [9.17, 15) is 19.5 Å². The number of benzene rings is 1. The molecule has 0 saturated carbocycles. The highest BCUT2D eigenvalue weighted by Crippen LogP contribution is 2.31. The molecule has 7 heteroatoms. The number of carboxylic acid groups (broad SMARTS) is 1. The molecular weight excluding hydrogens is 316 g/mol. The Morgan fingerprint density at radius 1 is 1.39 bits per heavy atom. The van der Waals surface area contributed by atoms with E-state index in [0.717, 1.165) is 4.90 Å². The van der Waals surface area contributed by atoms with E-state index in [2.05, 4.69) is 10.6 Å². The van der Waals surface area contributed by atoms with Gasteiger partial charge in [0.2, 0.25) is 5.91 Å². The van der Waals surface area contributed by atoms with Gasteiger partial charge < -0.3 is 15.7 Å². The molecule has 124 valence electrons. The van der Waals surface area contributed by atoms with Crippen LogP contribution < -0.4 is 10.6 Å². The molecule has 1 atom stereocenters. The zero-order valence-electron chi connectivity index (χ0n) is 13.1. The Hall–Kier alpha value is -2.02. The summed E-state index contributed by atoms with van der Waals surface area (Å²) < 4.78 is 0. The van der Waals surface area contributed by atoms with E-state index in [1.54, 1.807) is 18.2 Å². The summed E-state index contributed by atoms with van der Waals surface area (Å²) in [4.78, 5) is 35.7. The van der Waals surface area contributed by atoms with Crippen molar-refractivity contribution in [3.63, 3.8) is 0 Å². The van der Waals surface area contributed by atoms with Gasteiger partial charge in [-0.3, -0.25) is 14.4 Å². The molecule has 23 heavy (non-hydrogen) atoms. The second kappa shape index (κ2) is 7.50. The van der Waals surface area contributed by atoms with Crippen LogP contribution in [0.15, 0.2) is 23.1 Å². The summed E-state index contributed by atoms with van der Waals surface area (Å²) in [6.45, 7) is 3.98. The van der Waals surface area contributed by atoms with Crippen molar-refractivity contribution in [3.05, 3.63) is 23.8 Å². The summed E-state index contributed by atoms with van der Waals surface area (Å²) in [5.74, 6) is -1.34. The summed E-state index contributed by atoms with van der Waals surface area (Å²) in [6.07, 6.45) is 0.506. The van der Waals surface area contributed by atoms with Crippen LogP contribution in [0.3, 0.4) is 0 Å². The summed E-state index contributed by atoms with van der Waals surface area (Å²) in [5, 5.41) is 14.6. The van der Waals surface area contributed by atoms with Gasteiger partial charge in [0.05, 0.1) is 17.4 Å². The molecule has 1 aliphatic rings. The lowest BCUT2D eigenvalue weighted by Crippen LogP contribution is -2.33. The smallest absolute Gasteiger partial charge is 0.308 e. The Morgan fingerprint density at radius 3 is 2.78 bits per heavy atom. The first-order chi connectivity index (χ1) is 10.9. The molecule has 1 aliphatic heterocycles. The van der Waals surface area contributed by atoms with Gasteiger partial charge in [-0.25, -0.2) is 0 Å². The number of carbonyl (C=O) groups excluding carboxylic acids is 2. The van der Waals surface area contributed by atoms with Gasteiger partial charge >= 0.3 is 5.97 Å². The van der Waals surface area contributed by atoms with Crippen LogP contribution >= 0.6 is 11.8 Å². The van der Waals surface area contributed by atoms with E-state index < -0.39 is 11.9 Å². The fourth-order valence-electron chi connectivity index (χ4n) is 2.38. The zero-order valence-corrected chi connectivity index (χ0v) is 13.9. The van der Waals surface area contributed by atoms with Crippen LogP contribution in [0.2, 0.25) is 0 Å². The van der Waals surface area contributed by atoms with Crippen LogP contribution in [-0.4, -0.2) is 35.2 Å². The molecule has 1 unspecified atom stereocenters. The van der Waals surface area contributed by atoms with Crippen LogP contribution in [0, 0.1) is 11.8 Å². The standard InChI is InChI=1S/C16H20N2O4S/c1-9(2)5-11(16(21)22)7-17-15(20)10-3-4-13-12(6-10)18-14(19)8-23-13/h3-4,6,9,11H,5,7-8H2,1-2H3,(H,17,20)(H,18,19)(H,21,22). The predicted octanol–water partition coefficient (Wildman–Crippen LogP) is 2.21. The zero-order chi connectivity index (χ0) is 17.0. The van der Waals surface area contributed by atoms with Crippen molar-refractivity contribution < 1.29 is 19.5 Å². The topological polar surface area (TPSA) is 95.5 Å². The molecule has 0 aliphatic carbocycles. The lowest BCUT2D eigenvalue weighted by Gasteiger charge is -2.18.